The molecule has 0 fully saturated rings. The number of aryl methyl sites for hydroxylation is 1. The zero-order valence-electron chi connectivity index (χ0n) is 13.3. The minimum Gasteiger partial charge on any atom is -0.352 e. The summed E-state index contributed by atoms with van der Waals surface area (Å²) in [6.07, 6.45) is 0.255. The lowest BCUT2D eigenvalue weighted by Crippen LogP contribution is -2.24. The molecule has 5 heteroatoms. The van der Waals surface area contributed by atoms with Gasteiger partial charge < -0.3 is 5.32 Å². The highest BCUT2D eigenvalue weighted by Crippen LogP contribution is 2.28. The fourth-order valence-corrected chi connectivity index (χ4v) is 3.41. The Bertz CT molecular complexity index is 846. The number of halogens is 1. The van der Waals surface area contributed by atoms with E-state index in [0.717, 1.165) is 21.1 Å². The predicted molar refractivity (Wildman–Crippen MR) is 94.2 cm³/mol. The van der Waals surface area contributed by atoms with Crippen LogP contribution in [0.4, 0.5) is 4.39 Å². The summed E-state index contributed by atoms with van der Waals surface area (Å²) in [5.41, 5.74) is 2.39. The van der Waals surface area contributed by atoms with Crippen molar-refractivity contribution in [3.05, 3.63) is 76.5 Å². The van der Waals surface area contributed by atoms with E-state index in [2.05, 4.69) is 10.3 Å². The Morgan fingerprint density at radius 1 is 1.12 bits per heavy atom. The summed E-state index contributed by atoms with van der Waals surface area (Å²) >= 11 is 1.52. The maximum atomic E-state index is 13.6. The number of carbonyl (C=O) groups excluding carboxylic acids is 1. The Hall–Kier alpha value is -2.53. The standard InChI is InChI=1S/C19H17FN2OS/c1-13-17(24-19(22-13)14-7-3-2-4-8-14)11-18(23)21-12-15-9-5-6-10-16(15)20/h2-10H,11-12H2,1H3,(H,21,23). The normalized spacial score (nSPS) is 10.6. The molecule has 1 N–H and O–H groups in total. The van der Waals surface area contributed by atoms with Crippen LogP contribution in [0.2, 0.25) is 0 Å². The topological polar surface area (TPSA) is 42.0 Å². The van der Waals surface area contributed by atoms with Crippen molar-refractivity contribution in [2.24, 2.45) is 0 Å². The number of aromatic nitrogens is 1. The van der Waals surface area contributed by atoms with Crippen molar-refractivity contribution in [3.63, 3.8) is 0 Å². The highest BCUT2D eigenvalue weighted by molar-refractivity contribution is 7.15. The molecule has 0 atom stereocenters. The third-order valence-corrected chi connectivity index (χ3v) is 4.87. The highest BCUT2D eigenvalue weighted by Gasteiger charge is 2.13. The van der Waals surface area contributed by atoms with Crippen LogP contribution >= 0.6 is 11.3 Å². The molecular weight excluding hydrogens is 323 g/mol. The molecule has 2 aromatic carbocycles. The molecule has 3 nitrogen and oxygen atoms in total. The number of hydrogen-bond acceptors (Lipinski definition) is 3. The van der Waals surface area contributed by atoms with Crippen molar-refractivity contribution in [2.75, 3.05) is 0 Å². The van der Waals surface area contributed by atoms with Crippen LogP contribution in [0.5, 0.6) is 0 Å². The van der Waals surface area contributed by atoms with Crippen LogP contribution in [0.15, 0.2) is 54.6 Å². The van der Waals surface area contributed by atoms with E-state index in [4.69, 9.17) is 0 Å². The van der Waals surface area contributed by atoms with Crippen LogP contribution in [0.3, 0.4) is 0 Å². The molecule has 0 saturated heterocycles. The molecule has 24 heavy (non-hydrogen) atoms. The molecule has 0 aliphatic heterocycles. The molecule has 3 aromatic rings. The van der Waals surface area contributed by atoms with E-state index in [1.807, 2.05) is 37.3 Å². The Kier molecular flexibility index (Phi) is 5.01. The minimum atomic E-state index is -0.307. The number of nitrogens with one attached hydrogen (secondary N) is 1. The molecule has 1 aromatic heterocycles. The van der Waals surface area contributed by atoms with Gasteiger partial charge in [0.25, 0.3) is 0 Å². The second-order valence-electron chi connectivity index (χ2n) is 5.44. The van der Waals surface area contributed by atoms with Crippen LogP contribution in [0.1, 0.15) is 16.1 Å². The molecule has 0 radical (unpaired) electrons. The molecule has 3 rings (SSSR count). The smallest absolute Gasteiger partial charge is 0.225 e. The lowest BCUT2D eigenvalue weighted by molar-refractivity contribution is -0.120. The van der Waals surface area contributed by atoms with E-state index in [1.165, 1.54) is 17.4 Å². The molecule has 0 saturated carbocycles. The molecule has 0 aliphatic rings. The first kappa shape index (κ1) is 16.3. The van der Waals surface area contributed by atoms with E-state index in [1.54, 1.807) is 18.2 Å². The lowest BCUT2D eigenvalue weighted by atomic mass is 10.2. The molecular formula is C19H17FN2OS. The van der Waals surface area contributed by atoms with Gasteiger partial charge in [-0.15, -0.1) is 11.3 Å². The van der Waals surface area contributed by atoms with Crippen LogP contribution in [-0.2, 0) is 17.8 Å². The zero-order chi connectivity index (χ0) is 16.9. The van der Waals surface area contributed by atoms with Gasteiger partial charge in [-0.25, -0.2) is 9.37 Å². The first-order valence-corrected chi connectivity index (χ1v) is 8.47. The number of hydrogen-bond donors (Lipinski definition) is 1. The average molecular weight is 340 g/mol. The summed E-state index contributed by atoms with van der Waals surface area (Å²) < 4.78 is 13.6. The summed E-state index contributed by atoms with van der Waals surface area (Å²) in [5.74, 6) is -0.442. The molecule has 122 valence electrons. The zero-order valence-corrected chi connectivity index (χ0v) is 14.1. The number of rotatable bonds is 5. The Morgan fingerprint density at radius 2 is 1.83 bits per heavy atom. The van der Waals surface area contributed by atoms with Crippen LogP contribution in [0.25, 0.3) is 10.6 Å². The van der Waals surface area contributed by atoms with Crippen LogP contribution in [0, 0.1) is 12.7 Å². The number of nitrogens with zero attached hydrogens (tertiary/aromatic N) is 1. The quantitative estimate of drug-likeness (QED) is 0.759. The van der Waals surface area contributed by atoms with Gasteiger partial charge in [0, 0.05) is 22.5 Å². The van der Waals surface area contributed by atoms with E-state index < -0.39 is 0 Å². The largest absolute Gasteiger partial charge is 0.352 e. The second kappa shape index (κ2) is 7.36. The molecule has 0 spiro atoms. The molecule has 1 amide bonds. The van der Waals surface area contributed by atoms with Crippen molar-refractivity contribution in [1.29, 1.82) is 0 Å². The van der Waals surface area contributed by atoms with Crippen LogP contribution in [-0.4, -0.2) is 10.9 Å². The minimum absolute atomic E-state index is 0.135. The molecule has 1 heterocycles. The van der Waals surface area contributed by atoms with Crippen molar-refractivity contribution in [3.8, 4) is 10.6 Å². The maximum absolute atomic E-state index is 13.6. The fraction of sp³-hybridized carbons (Fsp3) is 0.158. The maximum Gasteiger partial charge on any atom is 0.225 e. The number of amides is 1. The van der Waals surface area contributed by atoms with E-state index in [9.17, 15) is 9.18 Å². The van der Waals surface area contributed by atoms with Gasteiger partial charge in [0.1, 0.15) is 10.8 Å². The average Bonchev–Trinajstić information content (AvgIpc) is 2.96. The van der Waals surface area contributed by atoms with E-state index >= 15 is 0 Å². The lowest BCUT2D eigenvalue weighted by Gasteiger charge is -2.05. The first-order chi connectivity index (χ1) is 11.6. The van der Waals surface area contributed by atoms with Gasteiger partial charge in [-0.3, -0.25) is 4.79 Å². The third kappa shape index (κ3) is 3.86. The van der Waals surface area contributed by atoms with Gasteiger partial charge in [0.05, 0.1) is 12.1 Å². The summed E-state index contributed by atoms with van der Waals surface area (Å²) in [6.45, 7) is 2.09. The first-order valence-electron chi connectivity index (χ1n) is 7.65. The van der Waals surface area contributed by atoms with Gasteiger partial charge >= 0.3 is 0 Å². The summed E-state index contributed by atoms with van der Waals surface area (Å²) in [7, 11) is 0. The van der Waals surface area contributed by atoms with Crippen molar-refractivity contribution < 1.29 is 9.18 Å². The highest BCUT2D eigenvalue weighted by atomic mass is 32.1. The second-order valence-corrected chi connectivity index (χ2v) is 6.52. The fourth-order valence-electron chi connectivity index (χ4n) is 2.34. The summed E-state index contributed by atoms with van der Waals surface area (Å²) in [5, 5.41) is 3.67. The van der Waals surface area contributed by atoms with Gasteiger partial charge in [-0.1, -0.05) is 48.5 Å². The van der Waals surface area contributed by atoms with Gasteiger partial charge in [-0.2, -0.15) is 0 Å². The molecule has 0 unspecified atom stereocenters. The number of thiazole rings is 1. The van der Waals surface area contributed by atoms with E-state index in [-0.39, 0.29) is 24.7 Å². The summed E-state index contributed by atoms with van der Waals surface area (Å²) in [6, 6.07) is 16.3. The predicted octanol–water partition coefficient (Wildman–Crippen LogP) is 4.12. The van der Waals surface area contributed by atoms with Gasteiger partial charge in [-0.05, 0) is 13.0 Å². The third-order valence-electron chi connectivity index (χ3n) is 3.67. The molecule has 0 bridgehead atoms. The van der Waals surface area contributed by atoms with Crippen molar-refractivity contribution in [2.45, 2.75) is 19.9 Å². The Balaban J connectivity index is 1.65. The monoisotopic (exact) mass is 340 g/mol. The van der Waals surface area contributed by atoms with Gasteiger partial charge in [0.15, 0.2) is 0 Å². The summed E-state index contributed by atoms with van der Waals surface area (Å²) in [4.78, 5) is 17.6. The molecule has 0 aliphatic carbocycles. The van der Waals surface area contributed by atoms with Crippen LogP contribution < -0.4 is 5.32 Å². The Labute approximate surface area is 144 Å². The number of benzene rings is 2. The Morgan fingerprint density at radius 3 is 2.58 bits per heavy atom. The van der Waals surface area contributed by atoms with Crippen molar-refractivity contribution in [1.82, 2.24) is 10.3 Å². The number of carbonyl (C=O) groups is 1. The van der Waals surface area contributed by atoms with E-state index in [0.29, 0.717) is 5.56 Å². The van der Waals surface area contributed by atoms with Gasteiger partial charge in [0.2, 0.25) is 5.91 Å². The van der Waals surface area contributed by atoms with Crippen molar-refractivity contribution >= 4 is 17.2 Å². The SMILES string of the molecule is Cc1nc(-c2ccccc2)sc1CC(=O)NCc1ccccc1F.